The van der Waals surface area contributed by atoms with Gasteiger partial charge in [-0.05, 0) is 58.9 Å². The predicted octanol–water partition coefficient (Wildman–Crippen LogP) is 2.05. The molecule has 2 aliphatic heterocycles. The fraction of sp³-hybridized carbons (Fsp3) is 0.750. The Hall–Kier alpha value is -1.69. The lowest BCUT2D eigenvalue weighted by molar-refractivity contribution is -0.127. The SMILES string of the molecule is Cc1ncnc(N2CCC(N3CCC[C@@H](C(=O)NC4CC4)C3)CC2)c1C. The minimum atomic E-state index is 0.189. The van der Waals surface area contributed by atoms with Crippen LogP contribution in [0.5, 0.6) is 0 Å². The standard InChI is InChI=1S/C20H31N5O/c1-14-15(2)21-13-22-19(14)24-10-7-18(8-11-24)25-9-3-4-16(12-25)20(26)23-17-5-6-17/h13,16-18H,3-12H2,1-2H3,(H,23,26)/t16-/m1/s1. The summed E-state index contributed by atoms with van der Waals surface area (Å²) in [6, 6.07) is 1.08. The van der Waals surface area contributed by atoms with Gasteiger partial charge >= 0.3 is 0 Å². The van der Waals surface area contributed by atoms with E-state index in [1.54, 1.807) is 6.33 Å². The van der Waals surface area contributed by atoms with Crippen LogP contribution in [0.2, 0.25) is 0 Å². The summed E-state index contributed by atoms with van der Waals surface area (Å²) in [7, 11) is 0. The molecular formula is C20H31N5O. The molecule has 0 aromatic carbocycles. The van der Waals surface area contributed by atoms with E-state index in [0.717, 1.165) is 63.4 Å². The summed E-state index contributed by atoms with van der Waals surface area (Å²) in [6.07, 6.45) is 8.52. The molecule has 4 rings (SSSR count). The molecule has 1 aliphatic carbocycles. The van der Waals surface area contributed by atoms with Crippen molar-refractivity contribution in [3.05, 3.63) is 17.6 Å². The number of nitrogens with one attached hydrogen (secondary N) is 1. The number of aryl methyl sites for hydroxylation is 1. The van der Waals surface area contributed by atoms with Crippen LogP contribution < -0.4 is 10.2 Å². The first-order chi connectivity index (χ1) is 12.6. The molecule has 6 heteroatoms. The summed E-state index contributed by atoms with van der Waals surface area (Å²) in [4.78, 5) is 26.2. The number of likely N-dealkylation sites (tertiary alicyclic amines) is 1. The average molecular weight is 358 g/mol. The van der Waals surface area contributed by atoms with Gasteiger partial charge in [0.25, 0.3) is 0 Å². The average Bonchev–Trinajstić information content (AvgIpc) is 3.48. The number of amides is 1. The van der Waals surface area contributed by atoms with E-state index in [1.165, 1.54) is 18.4 Å². The molecule has 1 aromatic rings. The largest absolute Gasteiger partial charge is 0.356 e. The van der Waals surface area contributed by atoms with Crippen LogP contribution in [0.3, 0.4) is 0 Å². The number of carbonyl (C=O) groups excluding carboxylic acids is 1. The quantitative estimate of drug-likeness (QED) is 0.894. The number of nitrogens with zero attached hydrogens (tertiary/aromatic N) is 4. The highest BCUT2D eigenvalue weighted by atomic mass is 16.2. The van der Waals surface area contributed by atoms with Gasteiger partial charge in [-0.2, -0.15) is 0 Å². The molecule has 1 atom stereocenters. The van der Waals surface area contributed by atoms with Crippen molar-refractivity contribution in [1.82, 2.24) is 20.2 Å². The molecular weight excluding hydrogens is 326 g/mol. The summed E-state index contributed by atoms with van der Waals surface area (Å²) in [5.74, 6) is 1.58. The Morgan fingerprint density at radius 3 is 2.58 bits per heavy atom. The second kappa shape index (κ2) is 7.51. The van der Waals surface area contributed by atoms with E-state index in [-0.39, 0.29) is 5.92 Å². The van der Waals surface area contributed by atoms with E-state index in [4.69, 9.17) is 0 Å². The van der Waals surface area contributed by atoms with Gasteiger partial charge in [-0.25, -0.2) is 9.97 Å². The van der Waals surface area contributed by atoms with E-state index in [9.17, 15) is 4.79 Å². The van der Waals surface area contributed by atoms with Gasteiger partial charge in [-0.1, -0.05) is 0 Å². The molecule has 142 valence electrons. The summed E-state index contributed by atoms with van der Waals surface area (Å²) >= 11 is 0. The minimum Gasteiger partial charge on any atom is -0.356 e. The number of aromatic nitrogens is 2. The van der Waals surface area contributed by atoms with Crippen LogP contribution in [0.1, 0.15) is 49.8 Å². The maximum atomic E-state index is 12.4. The number of anilines is 1. The molecule has 0 unspecified atom stereocenters. The van der Waals surface area contributed by atoms with Crippen molar-refractivity contribution < 1.29 is 4.79 Å². The Balaban J connectivity index is 1.32. The smallest absolute Gasteiger partial charge is 0.224 e. The van der Waals surface area contributed by atoms with E-state index >= 15 is 0 Å². The van der Waals surface area contributed by atoms with Crippen LogP contribution in [-0.4, -0.2) is 59.0 Å². The van der Waals surface area contributed by atoms with E-state index in [1.807, 2.05) is 6.92 Å². The van der Waals surface area contributed by atoms with Crippen molar-refractivity contribution in [2.24, 2.45) is 5.92 Å². The zero-order valence-electron chi connectivity index (χ0n) is 16.1. The zero-order chi connectivity index (χ0) is 18.1. The Bertz CT molecular complexity index is 652. The van der Waals surface area contributed by atoms with Crippen molar-refractivity contribution in [3.63, 3.8) is 0 Å². The number of piperidine rings is 2. The first-order valence-electron chi connectivity index (χ1n) is 10.2. The molecule has 3 aliphatic rings. The topological polar surface area (TPSA) is 61.4 Å². The normalized spacial score (nSPS) is 25.3. The molecule has 1 N–H and O–H groups in total. The van der Waals surface area contributed by atoms with Crippen LogP contribution in [0, 0.1) is 19.8 Å². The molecule has 0 radical (unpaired) electrons. The van der Waals surface area contributed by atoms with Crippen molar-refractivity contribution >= 4 is 11.7 Å². The Morgan fingerprint density at radius 1 is 1.08 bits per heavy atom. The molecule has 3 fully saturated rings. The van der Waals surface area contributed by atoms with Crippen LogP contribution in [0.25, 0.3) is 0 Å². The Morgan fingerprint density at radius 2 is 1.85 bits per heavy atom. The molecule has 1 aromatic heterocycles. The van der Waals surface area contributed by atoms with Crippen molar-refractivity contribution in [2.45, 2.75) is 64.5 Å². The molecule has 1 amide bonds. The fourth-order valence-corrected chi connectivity index (χ4v) is 4.39. The highest BCUT2D eigenvalue weighted by Gasteiger charge is 2.34. The maximum Gasteiger partial charge on any atom is 0.224 e. The van der Waals surface area contributed by atoms with Crippen molar-refractivity contribution in [1.29, 1.82) is 0 Å². The Kier molecular flexibility index (Phi) is 5.11. The molecule has 0 bridgehead atoms. The molecule has 6 nitrogen and oxygen atoms in total. The van der Waals surface area contributed by atoms with E-state index in [2.05, 4.69) is 32.0 Å². The highest BCUT2D eigenvalue weighted by molar-refractivity contribution is 5.79. The van der Waals surface area contributed by atoms with Crippen LogP contribution in [0.4, 0.5) is 5.82 Å². The second-order valence-electron chi connectivity index (χ2n) is 8.24. The van der Waals surface area contributed by atoms with Gasteiger partial charge in [0.1, 0.15) is 12.1 Å². The molecule has 26 heavy (non-hydrogen) atoms. The van der Waals surface area contributed by atoms with Gasteiger partial charge in [-0.15, -0.1) is 0 Å². The fourth-order valence-electron chi connectivity index (χ4n) is 4.39. The minimum absolute atomic E-state index is 0.189. The number of rotatable bonds is 4. The summed E-state index contributed by atoms with van der Waals surface area (Å²) in [6.45, 7) is 8.32. The summed E-state index contributed by atoms with van der Waals surface area (Å²) < 4.78 is 0. The van der Waals surface area contributed by atoms with Gasteiger partial charge < -0.3 is 10.2 Å². The zero-order valence-corrected chi connectivity index (χ0v) is 16.1. The lowest BCUT2D eigenvalue weighted by Crippen LogP contribution is -2.51. The molecule has 0 spiro atoms. The summed E-state index contributed by atoms with van der Waals surface area (Å²) in [5, 5.41) is 3.20. The molecule has 1 saturated carbocycles. The Labute approximate surface area is 156 Å². The lowest BCUT2D eigenvalue weighted by atomic mass is 9.93. The summed E-state index contributed by atoms with van der Waals surface area (Å²) in [5.41, 5.74) is 2.26. The van der Waals surface area contributed by atoms with E-state index < -0.39 is 0 Å². The molecule has 2 saturated heterocycles. The first kappa shape index (κ1) is 17.7. The predicted molar refractivity (Wildman–Crippen MR) is 102 cm³/mol. The van der Waals surface area contributed by atoms with Crippen LogP contribution in [0.15, 0.2) is 6.33 Å². The maximum absolute atomic E-state index is 12.4. The monoisotopic (exact) mass is 357 g/mol. The van der Waals surface area contributed by atoms with Gasteiger partial charge in [-0.3, -0.25) is 9.69 Å². The van der Waals surface area contributed by atoms with Crippen LogP contribution in [-0.2, 0) is 4.79 Å². The lowest BCUT2D eigenvalue weighted by Gasteiger charge is -2.42. The highest BCUT2D eigenvalue weighted by Crippen LogP contribution is 2.28. The molecule has 3 heterocycles. The third-order valence-corrected chi connectivity index (χ3v) is 6.34. The second-order valence-corrected chi connectivity index (χ2v) is 8.24. The van der Waals surface area contributed by atoms with Crippen molar-refractivity contribution in [2.75, 3.05) is 31.1 Å². The van der Waals surface area contributed by atoms with E-state index in [0.29, 0.717) is 18.0 Å². The van der Waals surface area contributed by atoms with Gasteiger partial charge in [0, 0.05) is 43.0 Å². The number of carbonyl (C=O) groups is 1. The third-order valence-electron chi connectivity index (χ3n) is 6.34. The number of hydrogen-bond donors (Lipinski definition) is 1. The van der Waals surface area contributed by atoms with Gasteiger partial charge in [0.05, 0.1) is 5.92 Å². The van der Waals surface area contributed by atoms with Crippen LogP contribution >= 0.6 is 0 Å². The third kappa shape index (κ3) is 3.85. The number of hydrogen-bond acceptors (Lipinski definition) is 5. The van der Waals surface area contributed by atoms with Gasteiger partial charge in [0.2, 0.25) is 5.91 Å². The first-order valence-corrected chi connectivity index (χ1v) is 10.2. The van der Waals surface area contributed by atoms with Gasteiger partial charge in [0.15, 0.2) is 0 Å². The van der Waals surface area contributed by atoms with Crippen molar-refractivity contribution in [3.8, 4) is 0 Å².